The Morgan fingerprint density at radius 2 is 1.77 bits per heavy atom. The Kier molecular flexibility index (Phi) is 8.00. The van der Waals surface area contributed by atoms with Gasteiger partial charge in [-0.25, -0.2) is 0 Å². The second-order valence-electron chi connectivity index (χ2n) is 10.3. The molecule has 1 atom stereocenters. The van der Waals surface area contributed by atoms with Crippen LogP contribution in [0.4, 0.5) is 0 Å². The second-order valence-corrected chi connectivity index (χ2v) is 11.1. The molecule has 0 N–H and O–H groups in total. The first kappa shape index (κ1) is 25.0. The zero-order valence-electron chi connectivity index (χ0n) is 20.3. The number of likely N-dealkylation sites (tertiary alicyclic amines) is 2. The van der Waals surface area contributed by atoms with Gasteiger partial charge in [0.2, 0.25) is 0 Å². The van der Waals surface area contributed by atoms with Crippen molar-refractivity contribution in [2.45, 2.75) is 37.1 Å². The molecule has 0 radical (unpaired) electrons. The average Bonchev–Trinajstić information content (AvgIpc) is 2.87. The molecule has 0 aromatic heterocycles. The fraction of sp³-hybridized carbons (Fsp3) is 0.536. The third-order valence-corrected chi connectivity index (χ3v) is 8.79. The first-order valence-electron chi connectivity index (χ1n) is 12.9. The van der Waals surface area contributed by atoms with E-state index < -0.39 is 0 Å². The molecule has 188 valence electrons. The minimum Gasteiger partial charge on any atom is -0.379 e. The van der Waals surface area contributed by atoms with Crippen LogP contribution in [0.1, 0.15) is 41.6 Å². The minimum atomic E-state index is -0.106. The van der Waals surface area contributed by atoms with Gasteiger partial charge in [0, 0.05) is 56.3 Å². The van der Waals surface area contributed by atoms with Crippen molar-refractivity contribution >= 4 is 29.1 Å². The molecule has 35 heavy (non-hydrogen) atoms. The maximum Gasteiger partial charge on any atom is 0.253 e. The van der Waals surface area contributed by atoms with Crippen molar-refractivity contribution in [3.8, 4) is 0 Å². The lowest BCUT2D eigenvalue weighted by molar-refractivity contribution is -0.0327. The number of morpholine rings is 1. The number of benzene rings is 2. The van der Waals surface area contributed by atoms with E-state index in [2.05, 4.69) is 15.9 Å². The summed E-state index contributed by atoms with van der Waals surface area (Å²) >= 11 is 12.7. The van der Waals surface area contributed by atoms with Gasteiger partial charge >= 0.3 is 0 Å². The van der Waals surface area contributed by atoms with E-state index >= 15 is 0 Å². The first-order valence-corrected chi connectivity index (χ1v) is 13.6. The molecule has 5 rings (SSSR count). The summed E-state index contributed by atoms with van der Waals surface area (Å²) in [6.07, 6.45) is 4.17. The predicted molar refractivity (Wildman–Crippen MR) is 142 cm³/mol. The summed E-state index contributed by atoms with van der Waals surface area (Å²) in [4.78, 5) is 20.5. The molecule has 2 aromatic carbocycles. The van der Waals surface area contributed by atoms with Crippen molar-refractivity contribution in [3.63, 3.8) is 0 Å². The highest BCUT2D eigenvalue weighted by Crippen LogP contribution is 2.41. The van der Waals surface area contributed by atoms with Gasteiger partial charge in [0.25, 0.3) is 5.91 Å². The molecule has 3 aliphatic heterocycles. The smallest absolute Gasteiger partial charge is 0.253 e. The van der Waals surface area contributed by atoms with E-state index in [1.165, 1.54) is 5.56 Å². The van der Waals surface area contributed by atoms with Crippen LogP contribution in [0.3, 0.4) is 0 Å². The molecule has 0 bridgehead atoms. The fourth-order valence-corrected chi connectivity index (χ4v) is 6.32. The van der Waals surface area contributed by atoms with E-state index in [1.54, 1.807) is 0 Å². The van der Waals surface area contributed by atoms with Crippen molar-refractivity contribution in [2.24, 2.45) is 0 Å². The lowest BCUT2D eigenvalue weighted by atomic mass is 9.71. The molecule has 2 aromatic rings. The normalized spacial score (nSPS) is 24.3. The monoisotopic (exact) mass is 515 g/mol. The lowest BCUT2D eigenvalue weighted by Gasteiger charge is -2.47. The van der Waals surface area contributed by atoms with Gasteiger partial charge in [-0.05, 0) is 62.1 Å². The molecule has 0 aliphatic carbocycles. The van der Waals surface area contributed by atoms with E-state index in [1.807, 2.05) is 47.4 Å². The van der Waals surface area contributed by atoms with Gasteiger partial charge in [0.15, 0.2) is 0 Å². The minimum absolute atomic E-state index is 0.106. The quantitative estimate of drug-likeness (QED) is 0.521. The maximum absolute atomic E-state index is 13.3. The third kappa shape index (κ3) is 5.70. The summed E-state index contributed by atoms with van der Waals surface area (Å²) in [7, 11) is 0. The summed E-state index contributed by atoms with van der Waals surface area (Å²) in [5.74, 6) is 0.117. The Morgan fingerprint density at radius 1 is 1.00 bits per heavy atom. The van der Waals surface area contributed by atoms with Gasteiger partial charge in [0.1, 0.15) is 0 Å². The number of amides is 1. The number of rotatable bonds is 7. The number of halogens is 2. The Hall–Kier alpha value is -1.63. The summed E-state index contributed by atoms with van der Waals surface area (Å²) in [5.41, 5.74) is 1.85. The van der Waals surface area contributed by atoms with Crippen LogP contribution in [0.5, 0.6) is 0 Å². The topological polar surface area (TPSA) is 36.0 Å². The number of hydrogen-bond donors (Lipinski definition) is 0. The van der Waals surface area contributed by atoms with Gasteiger partial charge in [-0.3, -0.25) is 9.69 Å². The molecule has 3 fully saturated rings. The van der Waals surface area contributed by atoms with Crippen LogP contribution in [0.2, 0.25) is 10.0 Å². The van der Waals surface area contributed by atoms with E-state index in [9.17, 15) is 4.79 Å². The number of piperidine rings is 1. The van der Waals surface area contributed by atoms with Gasteiger partial charge in [-0.15, -0.1) is 0 Å². The van der Waals surface area contributed by atoms with Crippen LogP contribution >= 0.6 is 23.2 Å². The van der Waals surface area contributed by atoms with E-state index in [-0.39, 0.29) is 11.3 Å². The van der Waals surface area contributed by atoms with Crippen molar-refractivity contribution in [3.05, 3.63) is 69.7 Å². The van der Waals surface area contributed by atoms with Gasteiger partial charge in [-0.1, -0.05) is 47.5 Å². The molecular formula is C28H35Cl2N3O2. The largest absolute Gasteiger partial charge is 0.379 e. The standard InChI is InChI=1S/C28H35Cl2N3O2/c29-25-9-8-23(18-26(25)30)28(10-4-12-31-19-24(20-31)32-14-16-35-17-15-32)11-5-13-33(21-28)27(34)22-6-2-1-3-7-22/h1-3,6-9,18,24H,4-5,10-17,19-21H2/t28-/m0/s1. The Morgan fingerprint density at radius 3 is 2.51 bits per heavy atom. The average molecular weight is 517 g/mol. The summed E-state index contributed by atoms with van der Waals surface area (Å²) in [6.45, 7) is 8.75. The van der Waals surface area contributed by atoms with Crippen LogP contribution in [0, 0.1) is 0 Å². The Bertz CT molecular complexity index is 1010. The van der Waals surface area contributed by atoms with Gasteiger partial charge < -0.3 is 14.5 Å². The van der Waals surface area contributed by atoms with Gasteiger partial charge in [0.05, 0.1) is 23.3 Å². The zero-order valence-corrected chi connectivity index (χ0v) is 21.8. The van der Waals surface area contributed by atoms with Crippen molar-refractivity contribution in [2.75, 3.05) is 59.0 Å². The van der Waals surface area contributed by atoms with Crippen LogP contribution < -0.4 is 0 Å². The molecule has 5 nitrogen and oxygen atoms in total. The molecule has 0 unspecified atom stereocenters. The molecule has 1 amide bonds. The highest BCUT2D eigenvalue weighted by molar-refractivity contribution is 6.42. The molecule has 3 aliphatic rings. The highest BCUT2D eigenvalue weighted by Gasteiger charge is 2.39. The van der Waals surface area contributed by atoms with Gasteiger partial charge in [-0.2, -0.15) is 0 Å². The van der Waals surface area contributed by atoms with Crippen molar-refractivity contribution in [1.82, 2.24) is 14.7 Å². The number of nitrogens with zero attached hydrogens (tertiary/aromatic N) is 3. The van der Waals surface area contributed by atoms with Crippen molar-refractivity contribution in [1.29, 1.82) is 0 Å². The number of ether oxygens (including phenoxy) is 1. The SMILES string of the molecule is O=C(c1ccccc1)N1CCC[C@](CCCN2CC(N3CCOCC3)C2)(c2ccc(Cl)c(Cl)c2)C1. The maximum atomic E-state index is 13.3. The summed E-state index contributed by atoms with van der Waals surface area (Å²) < 4.78 is 5.50. The van der Waals surface area contributed by atoms with Crippen LogP contribution in [0.15, 0.2) is 48.5 Å². The third-order valence-electron chi connectivity index (χ3n) is 8.05. The van der Waals surface area contributed by atoms with Crippen LogP contribution in [0.25, 0.3) is 0 Å². The molecule has 0 saturated carbocycles. The second kappa shape index (κ2) is 11.2. The zero-order chi connectivity index (χ0) is 24.3. The number of carbonyl (C=O) groups is 1. The number of carbonyl (C=O) groups excluding carboxylic acids is 1. The van der Waals surface area contributed by atoms with Crippen LogP contribution in [-0.2, 0) is 10.2 Å². The van der Waals surface area contributed by atoms with Crippen LogP contribution in [-0.4, -0.2) is 85.7 Å². The van der Waals surface area contributed by atoms with Crippen molar-refractivity contribution < 1.29 is 9.53 Å². The molecule has 7 heteroatoms. The predicted octanol–water partition coefficient (Wildman–Crippen LogP) is 4.96. The fourth-order valence-electron chi connectivity index (χ4n) is 6.02. The molecule has 0 spiro atoms. The highest BCUT2D eigenvalue weighted by atomic mass is 35.5. The first-order chi connectivity index (χ1) is 17.0. The van der Waals surface area contributed by atoms with E-state index in [0.717, 1.165) is 90.3 Å². The molecular weight excluding hydrogens is 481 g/mol. The Labute approximate surface area is 218 Å². The van der Waals surface area contributed by atoms with E-state index in [4.69, 9.17) is 27.9 Å². The number of hydrogen-bond acceptors (Lipinski definition) is 4. The summed E-state index contributed by atoms with van der Waals surface area (Å²) in [6, 6.07) is 16.4. The summed E-state index contributed by atoms with van der Waals surface area (Å²) in [5, 5.41) is 1.17. The van der Waals surface area contributed by atoms with E-state index in [0.29, 0.717) is 16.1 Å². The molecule has 3 saturated heterocycles. The Balaban J connectivity index is 1.26. The lowest BCUT2D eigenvalue weighted by Crippen LogP contribution is -2.61. The molecule has 3 heterocycles.